The number of rotatable bonds is 5. The number of aromatic nitrogens is 3. The van der Waals surface area contributed by atoms with Crippen LogP contribution in [0.1, 0.15) is 31.5 Å². The Morgan fingerprint density at radius 3 is 2.58 bits per heavy atom. The number of nitrogens with zero attached hydrogens (tertiary/aromatic N) is 4. The summed E-state index contributed by atoms with van der Waals surface area (Å²) < 4.78 is 33.5. The molecular formula is C20H24N4O5S2. The molecule has 1 aliphatic rings. The molecule has 1 N–H and O–H groups in total. The Hall–Kier alpha value is -2.50. The smallest absolute Gasteiger partial charge is 0.219 e. The number of aryl methyl sites for hydroxylation is 1. The van der Waals surface area contributed by atoms with Crippen LogP contribution in [0.25, 0.3) is 16.2 Å². The Balaban J connectivity index is 1.81. The zero-order valence-corrected chi connectivity index (χ0v) is 19.5. The minimum Gasteiger partial charge on any atom is -0.495 e. The number of ether oxygens (including phenoxy) is 1. The number of methoxy groups -OCH3 is 1. The second-order valence-electron chi connectivity index (χ2n) is 8.16. The number of imidazole rings is 1. The molecule has 3 aromatic rings. The largest absolute Gasteiger partial charge is 0.495 e. The van der Waals surface area contributed by atoms with E-state index < -0.39 is 20.7 Å². The summed E-state index contributed by atoms with van der Waals surface area (Å²) in [6.07, 6.45) is 0. The second-order valence-corrected chi connectivity index (χ2v) is 11.3. The van der Waals surface area contributed by atoms with Crippen molar-refractivity contribution in [2.24, 2.45) is 0 Å². The maximum Gasteiger partial charge on any atom is 0.219 e. The summed E-state index contributed by atoms with van der Waals surface area (Å²) in [4.78, 5) is 18.2. The third kappa shape index (κ3) is 3.60. The first-order valence-corrected chi connectivity index (χ1v) is 12.1. The predicted molar refractivity (Wildman–Crippen MR) is 116 cm³/mol. The Kier molecular flexibility index (Phi) is 5.10. The van der Waals surface area contributed by atoms with E-state index in [-0.39, 0.29) is 29.6 Å². The maximum absolute atomic E-state index is 13.3. The molecule has 1 fully saturated rings. The van der Waals surface area contributed by atoms with E-state index in [1.807, 2.05) is 6.92 Å². The van der Waals surface area contributed by atoms with Crippen molar-refractivity contribution in [3.8, 4) is 17.0 Å². The number of hydrogen-bond donors (Lipinski definition) is 1. The van der Waals surface area contributed by atoms with Gasteiger partial charge >= 0.3 is 0 Å². The van der Waals surface area contributed by atoms with Gasteiger partial charge in [0.15, 0.2) is 9.84 Å². The monoisotopic (exact) mass is 464 g/mol. The minimum absolute atomic E-state index is 0.0768. The normalized spacial score (nSPS) is 15.4. The first-order valence-electron chi connectivity index (χ1n) is 9.70. The molecule has 3 heterocycles. The molecular weight excluding hydrogens is 440 g/mol. The fourth-order valence-corrected chi connectivity index (χ4v) is 6.33. The van der Waals surface area contributed by atoms with Crippen molar-refractivity contribution in [1.82, 2.24) is 19.5 Å². The highest BCUT2D eigenvalue weighted by atomic mass is 32.2. The van der Waals surface area contributed by atoms with Gasteiger partial charge in [-0.1, -0.05) is 11.3 Å². The number of sulfone groups is 1. The van der Waals surface area contributed by atoms with Crippen LogP contribution in [-0.2, 0) is 20.2 Å². The molecule has 0 atom stereocenters. The van der Waals surface area contributed by atoms with Gasteiger partial charge in [-0.3, -0.25) is 4.79 Å². The maximum atomic E-state index is 13.3. The van der Waals surface area contributed by atoms with E-state index in [2.05, 4.69) is 10.1 Å². The van der Waals surface area contributed by atoms with Crippen molar-refractivity contribution in [3.05, 3.63) is 28.9 Å². The molecule has 0 saturated carbocycles. The highest BCUT2D eigenvalue weighted by Gasteiger charge is 2.41. The van der Waals surface area contributed by atoms with Crippen molar-refractivity contribution in [3.63, 3.8) is 0 Å². The van der Waals surface area contributed by atoms with Crippen molar-refractivity contribution in [2.45, 2.75) is 43.4 Å². The van der Waals surface area contributed by atoms with Crippen LogP contribution in [0.5, 0.6) is 5.75 Å². The number of likely N-dealkylation sites (tertiary alicyclic amines) is 1. The zero-order valence-electron chi connectivity index (χ0n) is 17.9. The topological polar surface area (TPSA) is 114 Å². The molecule has 0 unspecified atom stereocenters. The van der Waals surface area contributed by atoms with Crippen LogP contribution in [0.2, 0.25) is 0 Å². The van der Waals surface area contributed by atoms with E-state index in [0.717, 1.165) is 0 Å². The number of benzene rings is 1. The van der Waals surface area contributed by atoms with Crippen LogP contribution in [0, 0.1) is 6.92 Å². The van der Waals surface area contributed by atoms with Crippen LogP contribution < -0.4 is 4.74 Å². The third-order valence-corrected chi connectivity index (χ3v) is 8.71. The average molecular weight is 465 g/mol. The molecule has 0 spiro atoms. The van der Waals surface area contributed by atoms with Gasteiger partial charge in [0.05, 0.1) is 18.5 Å². The van der Waals surface area contributed by atoms with Crippen molar-refractivity contribution in [2.75, 3.05) is 20.2 Å². The number of carbonyl (C=O) groups is 1. The molecule has 1 aliphatic heterocycles. The molecule has 1 aromatic carbocycles. The average Bonchev–Trinajstić information content (AvgIpc) is 3.16. The first kappa shape index (κ1) is 21.7. The van der Waals surface area contributed by atoms with Gasteiger partial charge in [0.2, 0.25) is 10.9 Å². The lowest BCUT2D eigenvalue weighted by molar-refractivity contribution is -0.131. The van der Waals surface area contributed by atoms with Gasteiger partial charge in [-0.05, 0) is 39.0 Å². The summed E-state index contributed by atoms with van der Waals surface area (Å²) in [6, 6.07) is 4.95. The van der Waals surface area contributed by atoms with Crippen LogP contribution in [-0.4, -0.2) is 64.4 Å². The summed E-state index contributed by atoms with van der Waals surface area (Å²) in [7, 11) is -2.29. The fourth-order valence-electron chi connectivity index (χ4n) is 3.55. The van der Waals surface area contributed by atoms with Crippen molar-refractivity contribution in [1.29, 1.82) is 0 Å². The fraction of sp³-hybridized carbons (Fsp3) is 0.450. The number of fused-ring (bicyclic) bond motifs is 1. The molecule has 11 heteroatoms. The van der Waals surface area contributed by atoms with E-state index in [0.29, 0.717) is 26.9 Å². The standard InChI is InChI=1S/C20H24N4O5S2/c1-11-17(24-19(21-11)30-18(22-24)20(3,4)26)13-6-7-15(29-5)16(8-13)31(27,28)14-9-23(10-14)12(2)25/h6-8,14,26H,9-10H2,1-5H3. The Labute approximate surface area is 184 Å². The molecule has 2 aromatic heterocycles. The molecule has 9 nitrogen and oxygen atoms in total. The van der Waals surface area contributed by atoms with Crippen molar-refractivity contribution >= 4 is 32.0 Å². The van der Waals surface area contributed by atoms with Crippen LogP contribution >= 0.6 is 11.3 Å². The molecule has 1 amide bonds. The highest BCUT2D eigenvalue weighted by Crippen LogP contribution is 2.36. The Bertz CT molecular complexity index is 1280. The Morgan fingerprint density at radius 1 is 1.32 bits per heavy atom. The van der Waals surface area contributed by atoms with Crippen LogP contribution in [0.15, 0.2) is 23.1 Å². The third-order valence-electron chi connectivity index (χ3n) is 5.38. The van der Waals surface area contributed by atoms with E-state index in [9.17, 15) is 18.3 Å². The minimum atomic E-state index is -3.72. The van der Waals surface area contributed by atoms with E-state index in [1.165, 1.54) is 30.3 Å². The summed E-state index contributed by atoms with van der Waals surface area (Å²) in [5.74, 6) is 0.106. The SMILES string of the molecule is COc1ccc(-c2c(C)nc3sc(C(C)(C)O)nn23)cc1S(=O)(=O)C1CN(C(C)=O)C1. The van der Waals surface area contributed by atoms with Gasteiger partial charge in [-0.15, -0.1) is 0 Å². The molecule has 31 heavy (non-hydrogen) atoms. The molecule has 0 bridgehead atoms. The van der Waals surface area contributed by atoms with E-state index in [1.54, 1.807) is 36.6 Å². The number of aliphatic hydroxyl groups is 1. The molecule has 0 aliphatic carbocycles. The molecule has 4 rings (SSSR count). The van der Waals surface area contributed by atoms with Gasteiger partial charge in [0, 0.05) is 25.6 Å². The number of carbonyl (C=O) groups excluding carboxylic acids is 1. The lowest BCUT2D eigenvalue weighted by atomic mass is 10.1. The molecule has 0 radical (unpaired) electrons. The highest BCUT2D eigenvalue weighted by molar-refractivity contribution is 7.92. The Morgan fingerprint density at radius 2 is 2.00 bits per heavy atom. The quantitative estimate of drug-likeness (QED) is 0.614. The predicted octanol–water partition coefficient (Wildman–Crippen LogP) is 2.01. The van der Waals surface area contributed by atoms with Gasteiger partial charge in [-0.25, -0.2) is 17.9 Å². The molecule has 1 saturated heterocycles. The zero-order chi connectivity index (χ0) is 22.7. The van der Waals surface area contributed by atoms with Gasteiger partial charge < -0.3 is 14.7 Å². The lowest BCUT2D eigenvalue weighted by Gasteiger charge is -2.38. The van der Waals surface area contributed by atoms with Crippen LogP contribution in [0.4, 0.5) is 0 Å². The van der Waals surface area contributed by atoms with Gasteiger partial charge in [0.25, 0.3) is 0 Å². The lowest BCUT2D eigenvalue weighted by Crippen LogP contribution is -2.56. The number of amides is 1. The summed E-state index contributed by atoms with van der Waals surface area (Å²) >= 11 is 1.28. The number of hydrogen-bond acceptors (Lipinski definition) is 8. The van der Waals surface area contributed by atoms with Crippen molar-refractivity contribution < 1.29 is 23.1 Å². The van der Waals surface area contributed by atoms with E-state index >= 15 is 0 Å². The van der Waals surface area contributed by atoms with E-state index in [4.69, 9.17) is 4.74 Å². The summed E-state index contributed by atoms with van der Waals surface area (Å²) in [5.41, 5.74) is 0.859. The summed E-state index contributed by atoms with van der Waals surface area (Å²) in [6.45, 7) is 6.89. The van der Waals surface area contributed by atoms with Gasteiger partial charge in [-0.2, -0.15) is 5.10 Å². The second kappa shape index (κ2) is 7.28. The first-order chi connectivity index (χ1) is 14.4. The summed E-state index contributed by atoms with van der Waals surface area (Å²) in [5, 5.41) is 14.6. The molecule has 166 valence electrons. The van der Waals surface area contributed by atoms with Gasteiger partial charge in [0.1, 0.15) is 26.5 Å². The van der Waals surface area contributed by atoms with Crippen LogP contribution in [0.3, 0.4) is 0 Å².